The Bertz CT molecular complexity index is 962. The van der Waals surface area contributed by atoms with Crippen molar-refractivity contribution in [1.82, 2.24) is 9.97 Å². The summed E-state index contributed by atoms with van der Waals surface area (Å²) >= 11 is 0. The number of oxime groups is 1. The normalized spacial score (nSPS) is 23.7. The summed E-state index contributed by atoms with van der Waals surface area (Å²) in [6.45, 7) is 8.07. The molecule has 1 aromatic heterocycles. The molecule has 1 saturated carbocycles. The van der Waals surface area contributed by atoms with Crippen molar-refractivity contribution in [3.63, 3.8) is 0 Å². The molecule has 0 amide bonds. The maximum atomic E-state index is 6.31. The Balaban J connectivity index is 1.78. The van der Waals surface area contributed by atoms with E-state index in [-0.39, 0.29) is 12.2 Å². The fourth-order valence-electron chi connectivity index (χ4n) is 4.39. The molecule has 0 bridgehead atoms. The van der Waals surface area contributed by atoms with E-state index in [1.807, 2.05) is 26.0 Å². The standard InChI is InChI=1S/C23H31N5O2/c1-13(2)30-28-21-18-11-16(29-15-7-5-14(24)6-8-15)9-10-17(18)20-19(23(21,3)4)22(25)27-12-26-20/h9-15H,5-8,24H2,1-4H3,(H2,25,26,27)/b28-21-/t14-,15-. The number of anilines is 1. The molecule has 1 fully saturated rings. The van der Waals surface area contributed by atoms with E-state index in [2.05, 4.69) is 35.0 Å². The zero-order valence-electron chi connectivity index (χ0n) is 18.2. The summed E-state index contributed by atoms with van der Waals surface area (Å²) in [5, 5.41) is 4.55. The van der Waals surface area contributed by atoms with Crippen LogP contribution in [0.3, 0.4) is 0 Å². The smallest absolute Gasteiger partial charge is 0.131 e. The van der Waals surface area contributed by atoms with Gasteiger partial charge in [0, 0.05) is 28.1 Å². The van der Waals surface area contributed by atoms with Gasteiger partial charge in [-0.3, -0.25) is 0 Å². The monoisotopic (exact) mass is 409 g/mol. The van der Waals surface area contributed by atoms with Crippen molar-refractivity contribution < 1.29 is 9.57 Å². The van der Waals surface area contributed by atoms with E-state index < -0.39 is 5.41 Å². The van der Waals surface area contributed by atoms with E-state index in [1.54, 1.807) is 0 Å². The topological polar surface area (TPSA) is 109 Å². The first-order valence-electron chi connectivity index (χ1n) is 10.7. The molecule has 0 unspecified atom stereocenters. The second-order valence-corrected chi connectivity index (χ2v) is 9.06. The van der Waals surface area contributed by atoms with Crippen LogP contribution in [-0.4, -0.2) is 33.9 Å². The van der Waals surface area contributed by atoms with Crippen molar-refractivity contribution in [1.29, 1.82) is 0 Å². The first-order chi connectivity index (χ1) is 14.3. The first kappa shape index (κ1) is 20.6. The molecule has 0 saturated heterocycles. The highest BCUT2D eigenvalue weighted by Crippen LogP contribution is 2.45. The number of nitrogens with two attached hydrogens (primary N) is 2. The maximum absolute atomic E-state index is 6.31. The van der Waals surface area contributed by atoms with Gasteiger partial charge in [0.2, 0.25) is 0 Å². The van der Waals surface area contributed by atoms with Gasteiger partial charge in [-0.05, 0) is 71.6 Å². The largest absolute Gasteiger partial charge is 0.490 e. The Morgan fingerprint density at radius 2 is 1.83 bits per heavy atom. The SMILES string of the molecule is CC(C)O/N=C1/c2cc(O[C@H]3CC[C@H](N)CC3)ccc2-c2ncnc(N)c2C1(C)C. The molecular formula is C23H31N5O2. The summed E-state index contributed by atoms with van der Waals surface area (Å²) in [4.78, 5) is 14.5. The van der Waals surface area contributed by atoms with Crippen LogP contribution >= 0.6 is 0 Å². The summed E-state index contributed by atoms with van der Waals surface area (Å²) in [5.74, 6) is 1.29. The highest BCUT2D eigenvalue weighted by Gasteiger charge is 2.41. The van der Waals surface area contributed by atoms with Crippen molar-refractivity contribution in [2.75, 3.05) is 5.73 Å². The molecule has 0 atom stereocenters. The summed E-state index contributed by atoms with van der Waals surface area (Å²) in [6.07, 6.45) is 5.63. The van der Waals surface area contributed by atoms with Crippen LogP contribution in [0.25, 0.3) is 11.3 Å². The van der Waals surface area contributed by atoms with Crippen molar-refractivity contribution in [2.45, 2.75) is 77.0 Å². The molecule has 0 aliphatic heterocycles. The minimum Gasteiger partial charge on any atom is -0.490 e. The number of rotatable bonds is 4. The van der Waals surface area contributed by atoms with Crippen molar-refractivity contribution >= 4 is 11.5 Å². The molecular weight excluding hydrogens is 378 g/mol. The third kappa shape index (κ3) is 3.74. The molecule has 30 heavy (non-hydrogen) atoms. The quantitative estimate of drug-likeness (QED) is 0.744. The van der Waals surface area contributed by atoms with Gasteiger partial charge in [-0.15, -0.1) is 0 Å². The van der Waals surface area contributed by atoms with Gasteiger partial charge in [0.1, 0.15) is 24.0 Å². The van der Waals surface area contributed by atoms with Gasteiger partial charge in [0.25, 0.3) is 0 Å². The summed E-state index contributed by atoms with van der Waals surface area (Å²) < 4.78 is 6.31. The van der Waals surface area contributed by atoms with Gasteiger partial charge in [0.05, 0.1) is 17.5 Å². The lowest BCUT2D eigenvalue weighted by Gasteiger charge is -2.35. The van der Waals surface area contributed by atoms with Gasteiger partial charge in [-0.2, -0.15) is 0 Å². The summed E-state index contributed by atoms with van der Waals surface area (Å²) in [5.41, 5.74) is 16.2. The molecule has 160 valence electrons. The van der Waals surface area contributed by atoms with Crippen LogP contribution in [0.2, 0.25) is 0 Å². The number of ether oxygens (including phenoxy) is 1. The molecule has 0 spiro atoms. The zero-order valence-corrected chi connectivity index (χ0v) is 18.2. The maximum Gasteiger partial charge on any atom is 0.131 e. The summed E-state index contributed by atoms with van der Waals surface area (Å²) in [6, 6.07) is 6.37. The zero-order chi connectivity index (χ0) is 21.5. The lowest BCUT2D eigenvalue weighted by atomic mass is 9.70. The predicted octanol–water partition coefficient (Wildman–Crippen LogP) is 3.79. The second-order valence-electron chi connectivity index (χ2n) is 9.06. The molecule has 4 rings (SSSR count). The van der Waals surface area contributed by atoms with Crippen molar-refractivity contribution in [3.8, 4) is 17.0 Å². The highest BCUT2D eigenvalue weighted by molar-refractivity contribution is 6.15. The Kier molecular flexibility index (Phi) is 5.40. The Labute approximate surface area is 177 Å². The van der Waals surface area contributed by atoms with Gasteiger partial charge in [-0.25, -0.2) is 9.97 Å². The van der Waals surface area contributed by atoms with E-state index in [0.717, 1.165) is 59.5 Å². The molecule has 7 heteroatoms. The summed E-state index contributed by atoms with van der Waals surface area (Å²) in [7, 11) is 0. The average Bonchev–Trinajstić information content (AvgIpc) is 2.69. The molecule has 2 aliphatic carbocycles. The highest BCUT2D eigenvalue weighted by atomic mass is 16.6. The van der Waals surface area contributed by atoms with Crippen LogP contribution < -0.4 is 16.2 Å². The number of benzene rings is 1. The van der Waals surface area contributed by atoms with Crippen LogP contribution in [0.4, 0.5) is 5.82 Å². The Hall–Kier alpha value is -2.67. The minimum atomic E-state index is -0.515. The van der Waals surface area contributed by atoms with E-state index in [0.29, 0.717) is 11.9 Å². The number of nitrogens with zero attached hydrogens (tertiary/aromatic N) is 3. The van der Waals surface area contributed by atoms with E-state index >= 15 is 0 Å². The first-order valence-corrected chi connectivity index (χ1v) is 10.7. The number of hydrogen-bond donors (Lipinski definition) is 2. The number of aromatic nitrogens is 2. The van der Waals surface area contributed by atoms with E-state index in [1.165, 1.54) is 6.33 Å². The van der Waals surface area contributed by atoms with E-state index in [4.69, 9.17) is 21.0 Å². The number of hydrogen-bond acceptors (Lipinski definition) is 7. The lowest BCUT2D eigenvalue weighted by Crippen LogP contribution is -2.36. The third-order valence-electron chi connectivity index (χ3n) is 5.97. The van der Waals surface area contributed by atoms with Crippen LogP contribution in [0, 0.1) is 0 Å². The second kappa shape index (κ2) is 7.87. The fraction of sp³-hybridized carbons (Fsp3) is 0.522. The van der Waals surface area contributed by atoms with Crippen LogP contribution in [0.5, 0.6) is 5.75 Å². The minimum absolute atomic E-state index is 0.0339. The van der Waals surface area contributed by atoms with Crippen LogP contribution in [-0.2, 0) is 10.3 Å². The molecule has 2 aliphatic rings. The van der Waals surface area contributed by atoms with Crippen molar-refractivity contribution in [2.24, 2.45) is 10.9 Å². The lowest BCUT2D eigenvalue weighted by molar-refractivity contribution is 0.0847. The van der Waals surface area contributed by atoms with Crippen LogP contribution in [0.15, 0.2) is 29.7 Å². The van der Waals surface area contributed by atoms with E-state index in [9.17, 15) is 0 Å². The van der Waals surface area contributed by atoms with Gasteiger partial charge in [0.15, 0.2) is 0 Å². The molecule has 4 N–H and O–H groups in total. The van der Waals surface area contributed by atoms with Gasteiger partial charge < -0.3 is 21.0 Å². The van der Waals surface area contributed by atoms with Crippen molar-refractivity contribution in [3.05, 3.63) is 35.7 Å². The number of fused-ring (bicyclic) bond motifs is 3. The van der Waals surface area contributed by atoms with Gasteiger partial charge in [-0.1, -0.05) is 5.16 Å². The van der Waals surface area contributed by atoms with Gasteiger partial charge >= 0.3 is 0 Å². The number of nitrogen functional groups attached to an aromatic ring is 1. The Morgan fingerprint density at radius 3 is 2.53 bits per heavy atom. The third-order valence-corrected chi connectivity index (χ3v) is 5.97. The fourth-order valence-corrected chi connectivity index (χ4v) is 4.39. The van der Waals surface area contributed by atoms with Crippen LogP contribution in [0.1, 0.15) is 64.5 Å². The molecule has 1 heterocycles. The molecule has 1 aromatic carbocycles. The average molecular weight is 410 g/mol. The predicted molar refractivity (Wildman–Crippen MR) is 119 cm³/mol. The Morgan fingerprint density at radius 1 is 1.10 bits per heavy atom. The molecule has 7 nitrogen and oxygen atoms in total. The molecule has 0 radical (unpaired) electrons. The molecule has 2 aromatic rings.